The fourth-order valence-electron chi connectivity index (χ4n) is 4.63. The van der Waals surface area contributed by atoms with Gasteiger partial charge in [-0.05, 0) is 71.8 Å². The van der Waals surface area contributed by atoms with Crippen molar-refractivity contribution in [2.45, 2.75) is 52.5 Å². The molecule has 3 aromatic rings. The van der Waals surface area contributed by atoms with Gasteiger partial charge in [-0.15, -0.1) is 0 Å². The van der Waals surface area contributed by atoms with E-state index in [1.54, 1.807) is 0 Å². The van der Waals surface area contributed by atoms with Crippen LogP contribution in [0.1, 0.15) is 67.6 Å². The Morgan fingerprint density at radius 3 is 2.39 bits per heavy atom. The summed E-state index contributed by atoms with van der Waals surface area (Å²) in [4.78, 5) is 15.5. The molecule has 1 atom stereocenters. The average Bonchev–Trinajstić information content (AvgIpc) is 2.87. The van der Waals surface area contributed by atoms with Crippen LogP contribution in [0, 0.1) is 5.92 Å². The number of hydrogen-bond acceptors (Lipinski definition) is 3. The first-order valence-corrected chi connectivity index (χ1v) is 13.2. The first-order chi connectivity index (χ1) is 17.2. The summed E-state index contributed by atoms with van der Waals surface area (Å²) in [5.74, 6) is 0.757. The summed E-state index contributed by atoms with van der Waals surface area (Å²) in [6, 6.07) is 24.1. The smallest absolute Gasteiger partial charge is 0.193 e. The molecule has 2 N–H and O–H groups in total. The largest absolute Gasteiger partial charge is 0.371 e. The van der Waals surface area contributed by atoms with E-state index in [0.717, 1.165) is 24.7 Å². The van der Waals surface area contributed by atoms with E-state index < -0.39 is 0 Å². The molecule has 188 valence electrons. The van der Waals surface area contributed by atoms with Crippen LogP contribution in [0.15, 0.2) is 72.8 Å². The second-order valence-corrected chi connectivity index (χ2v) is 11.3. The molecule has 0 bridgehead atoms. The van der Waals surface area contributed by atoms with Crippen LogP contribution in [-0.4, -0.2) is 24.0 Å². The third kappa shape index (κ3) is 6.73. The standard InChI is InChI=1S/C31H37N3OS/c1-22-7-6-18-34(21-22)28-16-10-23(11-17-28)20-32-30(36)33-27-9-5-8-25(19-27)29(35)24-12-14-26(15-13-24)31(2,3)4/h5,8-17,19,22H,6-7,18,20-21H2,1-4H3,(H2,32,33,36)/t22-/m1/s1. The number of nitrogens with one attached hydrogen (secondary N) is 2. The Kier molecular flexibility index (Phi) is 8.10. The molecule has 36 heavy (non-hydrogen) atoms. The lowest BCUT2D eigenvalue weighted by atomic mass is 9.86. The Bertz CT molecular complexity index is 1200. The minimum atomic E-state index is 0.00109. The highest BCUT2D eigenvalue weighted by Gasteiger charge is 2.17. The molecule has 0 unspecified atom stereocenters. The van der Waals surface area contributed by atoms with Crippen molar-refractivity contribution in [3.05, 3.63) is 95.1 Å². The van der Waals surface area contributed by atoms with Crippen LogP contribution in [0.4, 0.5) is 11.4 Å². The van der Waals surface area contributed by atoms with Crippen LogP contribution in [0.25, 0.3) is 0 Å². The van der Waals surface area contributed by atoms with E-state index in [9.17, 15) is 4.79 Å². The molecule has 0 spiro atoms. The Hall–Kier alpha value is -3.18. The maximum atomic E-state index is 13.0. The first kappa shape index (κ1) is 25.9. The van der Waals surface area contributed by atoms with Gasteiger partial charge in [0.1, 0.15) is 0 Å². The zero-order valence-electron chi connectivity index (χ0n) is 21.8. The van der Waals surface area contributed by atoms with Gasteiger partial charge < -0.3 is 15.5 Å². The van der Waals surface area contributed by atoms with Gasteiger partial charge in [0.15, 0.2) is 10.9 Å². The van der Waals surface area contributed by atoms with Crippen LogP contribution in [-0.2, 0) is 12.0 Å². The Morgan fingerprint density at radius 2 is 1.72 bits per heavy atom. The van der Waals surface area contributed by atoms with Crippen LogP contribution in [0.5, 0.6) is 0 Å². The van der Waals surface area contributed by atoms with Crippen molar-refractivity contribution in [2.75, 3.05) is 23.3 Å². The molecule has 0 radical (unpaired) electrons. The van der Waals surface area contributed by atoms with Crippen molar-refractivity contribution < 1.29 is 4.79 Å². The summed E-state index contributed by atoms with van der Waals surface area (Å²) in [5, 5.41) is 7.02. The number of nitrogens with zero attached hydrogens (tertiary/aromatic N) is 1. The van der Waals surface area contributed by atoms with Crippen molar-refractivity contribution in [3.63, 3.8) is 0 Å². The molecule has 1 saturated heterocycles. The van der Waals surface area contributed by atoms with E-state index in [-0.39, 0.29) is 11.2 Å². The molecular weight excluding hydrogens is 462 g/mol. The minimum absolute atomic E-state index is 0.00109. The van der Waals surface area contributed by atoms with Crippen molar-refractivity contribution in [1.29, 1.82) is 0 Å². The Labute approximate surface area is 221 Å². The number of piperidine rings is 1. The first-order valence-electron chi connectivity index (χ1n) is 12.8. The second-order valence-electron chi connectivity index (χ2n) is 10.9. The topological polar surface area (TPSA) is 44.4 Å². The number of hydrogen-bond donors (Lipinski definition) is 2. The molecule has 1 aliphatic rings. The predicted octanol–water partition coefficient (Wildman–Crippen LogP) is 6.94. The van der Waals surface area contributed by atoms with Crippen molar-refractivity contribution in [1.82, 2.24) is 5.32 Å². The van der Waals surface area contributed by atoms with E-state index in [4.69, 9.17) is 12.2 Å². The summed E-state index contributed by atoms with van der Waals surface area (Å²) in [7, 11) is 0. The highest BCUT2D eigenvalue weighted by Crippen LogP contribution is 2.24. The van der Waals surface area contributed by atoms with E-state index >= 15 is 0 Å². The number of carbonyl (C=O) groups excluding carboxylic acids is 1. The maximum absolute atomic E-state index is 13.0. The van der Waals surface area contributed by atoms with Crippen LogP contribution < -0.4 is 15.5 Å². The van der Waals surface area contributed by atoms with Crippen molar-refractivity contribution >= 4 is 34.5 Å². The quantitative estimate of drug-likeness (QED) is 0.284. The number of carbonyl (C=O) groups is 1. The van der Waals surface area contributed by atoms with Gasteiger partial charge in [0.05, 0.1) is 0 Å². The van der Waals surface area contributed by atoms with E-state index in [1.807, 2.05) is 48.5 Å². The van der Waals surface area contributed by atoms with Gasteiger partial charge in [0.2, 0.25) is 0 Å². The number of thiocarbonyl (C=S) groups is 1. The van der Waals surface area contributed by atoms with Crippen molar-refractivity contribution in [2.24, 2.45) is 5.92 Å². The number of benzene rings is 3. The summed E-state index contributed by atoms with van der Waals surface area (Å²) < 4.78 is 0. The molecule has 1 fully saturated rings. The highest BCUT2D eigenvalue weighted by molar-refractivity contribution is 7.80. The molecule has 1 heterocycles. The fourth-order valence-corrected chi connectivity index (χ4v) is 4.82. The summed E-state index contributed by atoms with van der Waals surface area (Å²) in [6.07, 6.45) is 2.59. The van der Waals surface area contributed by atoms with Crippen LogP contribution in [0.3, 0.4) is 0 Å². The average molecular weight is 500 g/mol. The molecule has 1 aliphatic heterocycles. The van der Waals surface area contributed by atoms with Crippen LogP contribution >= 0.6 is 12.2 Å². The third-order valence-corrected chi connectivity index (χ3v) is 7.05. The van der Waals surface area contributed by atoms with Gasteiger partial charge in [-0.2, -0.15) is 0 Å². The highest BCUT2D eigenvalue weighted by atomic mass is 32.1. The number of rotatable bonds is 6. The summed E-state index contributed by atoms with van der Waals surface area (Å²) in [5.41, 5.74) is 5.84. The third-order valence-electron chi connectivity index (χ3n) is 6.81. The van der Waals surface area contributed by atoms with E-state index in [1.165, 1.54) is 29.7 Å². The molecule has 4 nitrogen and oxygen atoms in total. The second kappa shape index (κ2) is 11.3. The number of anilines is 2. The monoisotopic (exact) mass is 499 g/mol. The molecule has 3 aromatic carbocycles. The number of ketones is 1. The van der Waals surface area contributed by atoms with Gasteiger partial charge in [-0.3, -0.25) is 4.79 Å². The Balaban J connectivity index is 1.32. The fraction of sp³-hybridized carbons (Fsp3) is 0.355. The van der Waals surface area contributed by atoms with Gasteiger partial charge in [0, 0.05) is 42.1 Å². The summed E-state index contributed by atoms with van der Waals surface area (Å²) >= 11 is 5.51. The molecule has 0 amide bonds. The molecule has 4 rings (SSSR count). The zero-order valence-corrected chi connectivity index (χ0v) is 22.6. The van der Waals surface area contributed by atoms with Crippen LogP contribution in [0.2, 0.25) is 0 Å². The lowest BCUT2D eigenvalue weighted by Crippen LogP contribution is -2.34. The lowest BCUT2D eigenvalue weighted by Gasteiger charge is -2.32. The molecule has 0 saturated carbocycles. The molecular formula is C31H37N3OS. The van der Waals surface area contributed by atoms with Gasteiger partial charge in [0.25, 0.3) is 0 Å². The van der Waals surface area contributed by atoms with Crippen molar-refractivity contribution in [3.8, 4) is 0 Å². The van der Waals surface area contributed by atoms with E-state index in [0.29, 0.717) is 22.8 Å². The normalized spacial score (nSPS) is 15.9. The molecule has 0 aliphatic carbocycles. The van der Waals surface area contributed by atoms with E-state index in [2.05, 4.69) is 67.5 Å². The van der Waals surface area contributed by atoms with Gasteiger partial charge in [-0.25, -0.2) is 0 Å². The van der Waals surface area contributed by atoms with Gasteiger partial charge >= 0.3 is 0 Å². The predicted molar refractivity (Wildman–Crippen MR) is 155 cm³/mol. The summed E-state index contributed by atoms with van der Waals surface area (Å²) in [6.45, 7) is 11.7. The molecule has 0 aromatic heterocycles. The SMILES string of the molecule is C[C@@H]1CCCN(c2ccc(CNC(=S)Nc3cccc(C(=O)c4ccc(C(C)(C)C)cc4)c3)cc2)C1. The lowest BCUT2D eigenvalue weighted by molar-refractivity contribution is 0.103. The maximum Gasteiger partial charge on any atom is 0.193 e. The zero-order chi connectivity index (χ0) is 25.7. The van der Waals surface area contributed by atoms with Gasteiger partial charge in [-0.1, -0.05) is 76.2 Å². The Morgan fingerprint density at radius 1 is 1.00 bits per heavy atom. The molecule has 5 heteroatoms. The minimum Gasteiger partial charge on any atom is -0.371 e.